The first kappa shape index (κ1) is 14.0. The highest BCUT2D eigenvalue weighted by atomic mass is 79.9. The normalized spacial score (nSPS) is 13.5. The average Bonchev–Trinajstić information content (AvgIpc) is 2.19. The van der Waals surface area contributed by atoms with Crippen LogP contribution in [-0.4, -0.2) is 22.3 Å². The van der Waals surface area contributed by atoms with Crippen LogP contribution in [0.3, 0.4) is 0 Å². The molecule has 0 saturated carbocycles. The molecule has 1 atom stereocenters. The number of hydrogen-bond acceptors (Lipinski definition) is 2. The molecule has 1 rings (SSSR count). The molecule has 0 aliphatic carbocycles. The average molecular weight is 313 g/mol. The number of alkyl halides is 3. The van der Waals surface area contributed by atoms with Gasteiger partial charge in [-0.1, -0.05) is 15.9 Å². The molecule has 1 unspecified atom stereocenters. The van der Waals surface area contributed by atoms with Crippen molar-refractivity contribution in [3.05, 3.63) is 33.8 Å². The van der Waals surface area contributed by atoms with Gasteiger partial charge in [0.2, 0.25) is 0 Å². The van der Waals surface area contributed by atoms with Gasteiger partial charge in [0.15, 0.2) is 6.10 Å². The molecule has 2 N–H and O–H groups in total. The lowest BCUT2D eigenvalue weighted by Gasteiger charge is -2.12. The molecule has 0 aromatic heterocycles. The van der Waals surface area contributed by atoms with E-state index in [1.165, 1.54) is 6.07 Å². The van der Waals surface area contributed by atoms with Crippen LogP contribution in [0, 0.1) is 0 Å². The second kappa shape index (κ2) is 5.05. The summed E-state index contributed by atoms with van der Waals surface area (Å²) in [4.78, 5) is 10.4. The summed E-state index contributed by atoms with van der Waals surface area (Å²) in [5, 5.41) is 17.6. The smallest absolute Gasteiger partial charge is 0.416 e. The molecule has 0 saturated heterocycles. The Morgan fingerprint density at radius 2 is 2.00 bits per heavy atom. The number of aliphatic hydroxyl groups excluding tert-OH is 1. The first-order valence-electron chi connectivity index (χ1n) is 4.48. The minimum atomic E-state index is -4.50. The molecule has 0 radical (unpaired) electrons. The van der Waals surface area contributed by atoms with Crippen molar-refractivity contribution in [3.8, 4) is 0 Å². The molecule has 3 nitrogen and oxygen atoms in total. The summed E-state index contributed by atoms with van der Waals surface area (Å²) < 4.78 is 37.5. The highest BCUT2D eigenvalue weighted by Gasteiger charge is 2.31. The molecule has 0 heterocycles. The Balaban J connectivity index is 3.03. The molecule has 1 aromatic carbocycles. The van der Waals surface area contributed by atoms with Crippen LogP contribution in [0.25, 0.3) is 0 Å². The van der Waals surface area contributed by atoms with E-state index in [-0.39, 0.29) is 12.0 Å². The Labute approximate surface area is 103 Å². The molecule has 0 spiro atoms. The zero-order chi connectivity index (χ0) is 13.2. The van der Waals surface area contributed by atoms with Crippen LogP contribution < -0.4 is 0 Å². The molecule has 17 heavy (non-hydrogen) atoms. The largest absolute Gasteiger partial charge is 0.479 e. The van der Waals surface area contributed by atoms with E-state index < -0.39 is 23.8 Å². The van der Waals surface area contributed by atoms with Gasteiger partial charge in [0, 0.05) is 10.9 Å². The van der Waals surface area contributed by atoms with Crippen LogP contribution in [0.4, 0.5) is 13.2 Å². The summed E-state index contributed by atoms with van der Waals surface area (Å²) >= 11 is 3.00. The van der Waals surface area contributed by atoms with Crippen LogP contribution in [0.2, 0.25) is 0 Å². The molecular weight excluding hydrogens is 305 g/mol. The van der Waals surface area contributed by atoms with Gasteiger partial charge in [-0.2, -0.15) is 13.2 Å². The van der Waals surface area contributed by atoms with E-state index in [9.17, 15) is 18.0 Å². The number of carbonyl (C=O) groups is 1. The summed E-state index contributed by atoms with van der Waals surface area (Å²) in [6.07, 6.45) is -6.61. The molecule has 0 aliphatic heterocycles. The second-order valence-electron chi connectivity index (χ2n) is 3.36. The highest BCUT2D eigenvalue weighted by Crippen LogP contribution is 2.32. The standard InChI is InChI=1S/C10H8BrF3O3/c11-7-2-1-6(10(12,13)14)3-5(7)4-8(15)9(16)17/h1-3,8,15H,4H2,(H,16,17). The quantitative estimate of drug-likeness (QED) is 0.901. The van der Waals surface area contributed by atoms with Crippen molar-refractivity contribution >= 4 is 21.9 Å². The minimum Gasteiger partial charge on any atom is -0.479 e. The number of hydrogen-bond donors (Lipinski definition) is 2. The molecule has 94 valence electrons. The lowest BCUT2D eigenvalue weighted by atomic mass is 10.0. The first-order valence-corrected chi connectivity index (χ1v) is 5.27. The van der Waals surface area contributed by atoms with Gasteiger partial charge in [-0.25, -0.2) is 4.79 Å². The zero-order valence-corrected chi connectivity index (χ0v) is 9.92. The molecule has 0 aliphatic rings. The van der Waals surface area contributed by atoms with Crippen LogP contribution in [0.5, 0.6) is 0 Å². The fourth-order valence-electron chi connectivity index (χ4n) is 1.20. The van der Waals surface area contributed by atoms with E-state index in [4.69, 9.17) is 10.2 Å². The number of halogens is 4. The van der Waals surface area contributed by atoms with E-state index in [2.05, 4.69) is 15.9 Å². The number of rotatable bonds is 3. The number of aliphatic carboxylic acids is 1. The van der Waals surface area contributed by atoms with Crippen molar-refractivity contribution in [2.75, 3.05) is 0 Å². The topological polar surface area (TPSA) is 57.5 Å². The Morgan fingerprint density at radius 3 is 2.47 bits per heavy atom. The second-order valence-corrected chi connectivity index (χ2v) is 4.22. The van der Waals surface area contributed by atoms with Crippen molar-refractivity contribution in [2.24, 2.45) is 0 Å². The summed E-state index contributed by atoms with van der Waals surface area (Å²) in [7, 11) is 0. The Bertz CT molecular complexity index is 431. The maximum atomic E-state index is 12.4. The van der Waals surface area contributed by atoms with Gasteiger partial charge in [-0.3, -0.25) is 0 Å². The SMILES string of the molecule is O=C(O)C(O)Cc1cc(C(F)(F)F)ccc1Br. The number of carboxylic acids is 1. The third-order valence-corrected chi connectivity index (χ3v) is 2.84. The minimum absolute atomic E-state index is 0.0923. The van der Waals surface area contributed by atoms with Crippen LogP contribution >= 0.6 is 15.9 Å². The van der Waals surface area contributed by atoms with Gasteiger partial charge >= 0.3 is 12.1 Å². The predicted octanol–water partition coefficient (Wildman–Crippen LogP) is 2.46. The maximum absolute atomic E-state index is 12.4. The fourth-order valence-corrected chi connectivity index (χ4v) is 1.61. The Hall–Kier alpha value is -1.08. The van der Waals surface area contributed by atoms with E-state index >= 15 is 0 Å². The summed E-state index contributed by atoms with van der Waals surface area (Å²) in [5.74, 6) is -1.48. The van der Waals surface area contributed by atoms with Gasteiger partial charge in [0.1, 0.15) is 0 Å². The summed E-state index contributed by atoms with van der Waals surface area (Å²) in [6.45, 7) is 0. The van der Waals surface area contributed by atoms with Crippen molar-refractivity contribution in [1.29, 1.82) is 0 Å². The number of carboxylic acid groups (broad SMARTS) is 1. The van der Waals surface area contributed by atoms with Gasteiger partial charge in [-0.15, -0.1) is 0 Å². The molecule has 7 heteroatoms. The lowest BCUT2D eigenvalue weighted by Crippen LogP contribution is -2.22. The van der Waals surface area contributed by atoms with E-state index in [0.717, 1.165) is 12.1 Å². The van der Waals surface area contributed by atoms with Gasteiger partial charge in [0.05, 0.1) is 5.56 Å². The van der Waals surface area contributed by atoms with Gasteiger partial charge < -0.3 is 10.2 Å². The third-order valence-electron chi connectivity index (χ3n) is 2.07. The van der Waals surface area contributed by atoms with Gasteiger partial charge in [-0.05, 0) is 23.8 Å². The Morgan fingerprint density at radius 1 is 1.41 bits per heavy atom. The molecule has 0 bridgehead atoms. The zero-order valence-electron chi connectivity index (χ0n) is 8.33. The van der Waals surface area contributed by atoms with Gasteiger partial charge in [0.25, 0.3) is 0 Å². The fraction of sp³-hybridized carbons (Fsp3) is 0.300. The highest BCUT2D eigenvalue weighted by molar-refractivity contribution is 9.10. The van der Waals surface area contributed by atoms with Crippen LogP contribution in [0.15, 0.2) is 22.7 Å². The van der Waals surface area contributed by atoms with E-state index in [1.54, 1.807) is 0 Å². The molecular formula is C10H8BrF3O3. The van der Waals surface area contributed by atoms with Crippen molar-refractivity contribution in [2.45, 2.75) is 18.7 Å². The Kier molecular flexibility index (Phi) is 4.16. The number of benzene rings is 1. The third kappa shape index (κ3) is 3.71. The maximum Gasteiger partial charge on any atom is 0.416 e. The van der Waals surface area contributed by atoms with E-state index in [0.29, 0.717) is 4.47 Å². The summed E-state index contributed by atoms with van der Waals surface area (Å²) in [5.41, 5.74) is -0.789. The molecule has 1 aromatic rings. The van der Waals surface area contributed by atoms with E-state index in [1.807, 2.05) is 0 Å². The lowest BCUT2D eigenvalue weighted by molar-refractivity contribution is -0.146. The van der Waals surface area contributed by atoms with Crippen molar-refractivity contribution < 1.29 is 28.2 Å². The molecule has 0 amide bonds. The predicted molar refractivity (Wildman–Crippen MR) is 56.5 cm³/mol. The van der Waals surface area contributed by atoms with Crippen LogP contribution in [-0.2, 0) is 17.4 Å². The first-order chi connectivity index (χ1) is 7.71. The van der Waals surface area contributed by atoms with Crippen molar-refractivity contribution in [1.82, 2.24) is 0 Å². The molecule has 0 fully saturated rings. The summed E-state index contributed by atoms with van der Waals surface area (Å²) in [6, 6.07) is 2.86. The number of aliphatic hydroxyl groups is 1. The van der Waals surface area contributed by atoms with Crippen LogP contribution in [0.1, 0.15) is 11.1 Å². The van der Waals surface area contributed by atoms with Crippen molar-refractivity contribution in [3.63, 3.8) is 0 Å². The monoisotopic (exact) mass is 312 g/mol.